The van der Waals surface area contributed by atoms with Crippen molar-refractivity contribution in [1.82, 2.24) is 24.6 Å². The van der Waals surface area contributed by atoms with Crippen molar-refractivity contribution >= 4 is 25.2 Å². The Morgan fingerprint density at radius 3 is 2.61 bits per heavy atom. The van der Waals surface area contributed by atoms with Crippen molar-refractivity contribution in [1.29, 1.82) is 0 Å². The van der Waals surface area contributed by atoms with Crippen molar-refractivity contribution in [2.75, 3.05) is 13.1 Å². The van der Waals surface area contributed by atoms with Gasteiger partial charge in [-0.25, -0.2) is 14.5 Å². The van der Waals surface area contributed by atoms with Crippen LogP contribution >= 0.6 is 0 Å². The molecule has 0 bridgehead atoms. The summed E-state index contributed by atoms with van der Waals surface area (Å²) in [6.07, 6.45) is -0.583. The van der Waals surface area contributed by atoms with Crippen LogP contribution in [0.5, 0.6) is 0 Å². The SMILES string of the molecule is [B]OC(=O)N1CC(c2nc3c(c(C)nn3C(C)(C)C)c(=O)[nH]2)C1. The van der Waals surface area contributed by atoms with Gasteiger partial charge in [0.05, 0.1) is 17.2 Å². The van der Waals surface area contributed by atoms with Crippen molar-refractivity contribution in [3.05, 3.63) is 21.9 Å². The lowest BCUT2D eigenvalue weighted by Gasteiger charge is -2.37. The number of rotatable bonds is 1. The number of aryl methyl sites for hydroxylation is 1. The topological polar surface area (TPSA) is 93.1 Å². The number of aromatic nitrogens is 4. The summed E-state index contributed by atoms with van der Waals surface area (Å²) < 4.78 is 5.94. The summed E-state index contributed by atoms with van der Waals surface area (Å²) in [4.78, 5) is 32.6. The van der Waals surface area contributed by atoms with Crippen LogP contribution < -0.4 is 5.56 Å². The molecule has 0 aliphatic carbocycles. The number of H-pyrrole nitrogens is 1. The molecule has 120 valence electrons. The van der Waals surface area contributed by atoms with Crippen molar-refractivity contribution in [2.24, 2.45) is 0 Å². The highest BCUT2D eigenvalue weighted by Gasteiger charge is 2.34. The number of aromatic amines is 1. The van der Waals surface area contributed by atoms with E-state index in [9.17, 15) is 9.59 Å². The van der Waals surface area contributed by atoms with Gasteiger partial charge in [0, 0.05) is 13.1 Å². The fourth-order valence-electron chi connectivity index (χ4n) is 2.74. The Bertz CT molecular complexity index is 829. The summed E-state index contributed by atoms with van der Waals surface area (Å²) >= 11 is 0. The second-order valence-electron chi connectivity index (χ2n) is 6.80. The number of carbonyl (C=O) groups excluding carboxylic acids is 1. The number of hydrogen-bond acceptors (Lipinski definition) is 5. The van der Waals surface area contributed by atoms with Gasteiger partial charge >= 0.3 is 14.1 Å². The smallest absolute Gasteiger partial charge is 0.391 e. The summed E-state index contributed by atoms with van der Waals surface area (Å²) in [5.41, 5.74) is 0.711. The van der Waals surface area contributed by atoms with E-state index >= 15 is 0 Å². The summed E-state index contributed by atoms with van der Waals surface area (Å²) in [5, 5.41) is 4.96. The quantitative estimate of drug-likeness (QED) is 0.786. The number of likely N-dealkylation sites (tertiary alicyclic amines) is 1. The Morgan fingerprint density at radius 2 is 2.04 bits per heavy atom. The lowest BCUT2D eigenvalue weighted by molar-refractivity contribution is 0.112. The number of nitrogens with one attached hydrogen (secondary N) is 1. The predicted molar refractivity (Wildman–Crippen MR) is 84.4 cm³/mol. The standard InChI is InChI=1S/C14H18BN5O3/c1-7-9-11(20(18-7)14(2,3)4)16-10(17-12(9)21)8-5-19(6-8)13(22)23-15/h8H,5-6H2,1-4H3,(H,16,17,21). The minimum Gasteiger partial charge on any atom is -0.528 e. The first-order valence-electron chi connectivity index (χ1n) is 7.38. The van der Waals surface area contributed by atoms with E-state index < -0.39 is 6.09 Å². The molecule has 1 aliphatic rings. The van der Waals surface area contributed by atoms with E-state index in [1.165, 1.54) is 4.90 Å². The molecular weight excluding hydrogens is 297 g/mol. The predicted octanol–water partition coefficient (Wildman–Crippen LogP) is 0.802. The first-order chi connectivity index (χ1) is 10.7. The van der Waals surface area contributed by atoms with Crippen LogP contribution in [0.4, 0.5) is 4.79 Å². The van der Waals surface area contributed by atoms with Gasteiger partial charge in [-0.15, -0.1) is 0 Å². The molecular formula is C14H18BN5O3. The molecule has 3 heterocycles. The Labute approximate surface area is 134 Å². The van der Waals surface area contributed by atoms with Crippen LogP contribution in [0.1, 0.15) is 38.2 Å². The molecule has 1 amide bonds. The molecule has 0 aromatic carbocycles. The number of carbonyl (C=O) groups is 1. The zero-order valence-corrected chi connectivity index (χ0v) is 13.6. The molecule has 0 unspecified atom stereocenters. The molecule has 2 radical (unpaired) electrons. The lowest BCUT2D eigenvalue weighted by atomic mass is 10.00. The van der Waals surface area contributed by atoms with Crippen molar-refractivity contribution < 1.29 is 9.45 Å². The van der Waals surface area contributed by atoms with E-state index in [4.69, 9.17) is 8.05 Å². The molecule has 23 heavy (non-hydrogen) atoms. The third kappa shape index (κ3) is 2.49. The van der Waals surface area contributed by atoms with E-state index in [1.807, 2.05) is 20.8 Å². The van der Waals surface area contributed by atoms with Crippen LogP contribution in [-0.4, -0.2) is 51.9 Å². The number of fused-ring (bicyclic) bond motifs is 1. The maximum absolute atomic E-state index is 12.4. The minimum absolute atomic E-state index is 0.0465. The molecule has 9 heteroatoms. The first-order valence-corrected chi connectivity index (χ1v) is 7.38. The van der Waals surface area contributed by atoms with Gasteiger partial charge in [-0.1, -0.05) is 0 Å². The van der Waals surface area contributed by atoms with E-state index in [-0.39, 0.29) is 17.0 Å². The van der Waals surface area contributed by atoms with E-state index in [1.54, 1.807) is 11.6 Å². The van der Waals surface area contributed by atoms with Crippen LogP contribution in [0, 0.1) is 6.92 Å². The molecule has 1 N–H and O–H groups in total. The molecule has 8 nitrogen and oxygen atoms in total. The van der Waals surface area contributed by atoms with Crippen molar-refractivity contribution in [3.63, 3.8) is 0 Å². The highest BCUT2D eigenvalue weighted by atomic mass is 16.5. The average molecular weight is 315 g/mol. The lowest BCUT2D eigenvalue weighted by Crippen LogP contribution is -2.49. The maximum atomic E-state index is 12.4. The first kappa shape index (κ1) is 15.6. The van der Waals surface area contributed by atoms with Gasteiger partial charge in [-0.05, 0) is 27.7 Å². The second-order valence-corrected chi connectivity index (χ2v) is 6.80. The number of nitrogens with zero attached hydrogens (tertiary/aromatic N) is 4. The van der Waals surface area contributed by atoms with Gasteiger partial charge in [0.2, 0.25) is 0 Å². The second kappa shape index (κ2) is 5.11. The zero-order valence-electron chi connectivity index (χ0n) is 13.6. The van der Waals surface area contributed by atoms with Gasteiger partial charge in [0.15, 0.2) is 5.65 Å². The van der Waals surface area contributed by atoms with Crippen molar-refractivity contribution in [3.8, 4) is 0 Å². The Kier molecular flexibility index (Phi) is 3.46. The van der Waals surface area contributed by atoms with Crippen LogP contribution in [0.25, 0.3) is 11.0 Å². The largest absolute Gasteiger partial charge is 0.528 e. The summed E-state index contributed by atoms with van der Waals surface area (Å²) in [6.45, 7) is 8.63. The van der Waals surface area contributed by atoms with Gasteiger partial charge in [0.1, 0.15) is 11.2 Å². The third-order valence-electron chi connectivity index (χ3n) is 3.99. The molecule has 1 fully saturated rings. The van der Waals surface area contributed by atoms with Gasteiger partial charge in [-0.2, -0.15) is 5.10 Å². The Morgan fingerprint density at radius 1 is 1.39 bits per heavy atom. The summed E-state index contributed by atoms with van der Waals surface area (Å²) in [7, 11) is 4.86. The third-order valence-corrected chi connectivity index (χ3v) is 3.99. The maximum Gasteiger partial charge on any atom is 0.391 e. The van der Waals surface area contributed by atoms with E-state index in [2.05, 4.69) is 19.7 Å². The van der Waals surface area contributed by atoms with Crippen LogP contribution in [0.3, 0.4) is 0 Å². The van der Waals surface area contributed by atoms with Crippen LogP contribution in [0.2, 0.25) is 0 Å². The Hall–Kier alpha value is -2.32. The summed E-state index contributed by atoms with van der Waals surface area (Å²) in [5.74, 6) is 0.504. The minimum atomic E-state index is -0.583. The molecule has 0 atom stereocenters. The van der Waals surface area contributed by atoms with Crippen LogP contribution in [-0.2, 0) is 10.2 Å². The molecule has 2 aromatic rings. The zero-order chi connectivity index (χ0) is 16.9. The highest BCUT2D eigenvalue weighted by Crippen LogP contribution is 2.27. The van der Waals surface area contributed by atoms with Gasteiger partial charge in [-0.3, -0.25) is 4.79 Å². The van der Waals surface area contributed by atoms with E-state index in [0.717, 1.165) is 0 Å². The average Bonchev–Trinajstić information content (AvgIpc) is 2.74. The fraction of sp³-hybridized carbons (Fsp3) is 0.571. The van der Waals surface area contributed by atoms with Crippen LogP contribution in [0.15, 0.2) is 4.79 Å². The molecule has 1 aliphatic heterocycles. The molecule has 0 saturated carbocycles. The Balaban J connectivity index is 2.02. The van der Waals surface area contributed by atoms with E-state index in [0.29, 0.717) is 35.6 Å². The molecule has 3 rings (SSSR count). The van der Waals surface area contributed by atoms with Gasteiger partial charge < -0.3 is 14.5 Å². The molecule has 1 saturated heterocycles. The number of amides is 1. The summed E-state index contributed by atoms with van der Waals surface area (Å²) in [6, 6.07) is 0. The van der Waals surface area contributed by atoms with Gasteiger partial charge in [0.25, 0.3) is 5.56 Å². The van der Waals surface area contributed by atoms with Crippen molar-refractivity contribution in [2.45, 2.75) is 39.2 Å². The molecule has 0 spiro atoms. The fourth-order valence-corrected chi connectivity index (χ4v) is 2.74. The monoisotopic (exact) mass is 315 g/mol. The molecule has 2 aromatic heterocycles. The highest BCUT2D eigenvalue weighted by molar-refractivity contribution is 6.05. The number of hydrogen-bond donors (Lipinski definition) is 1. The normalized spacial score (nSPS) is 15.7.